The van der Waals surface area contributed by atoms with Gasteiger partial charge in [0.15, 0.2) is 0 Å². The van der Waals surface area contributed by atoms with E-state index in [1.165, 1.54) is 6.92 Å². The number of fused-ring (bicyclic) bond motifs is 1. The fourth-order valence-corrected chi connectivity index (χ4v) is 5.53. The second kappa shape index (κ2) is 11.8. The number of nitrogens with one attached hydrogen (secondary N) is 3. The van der Waals surface area contributed by atoms with Gasteiger partial charge in [-0.25, -0.2) is 14.8 Å². The van der Waals surface area contributed by atoms with Crippen LogP contribution in [-0.2, 0) is 9.53 Å². The van der Waals surface area contributed by atoms with Crippen LogP contribution in [0, 0.1) is 6.92 Å². The number of amides is 3. The van der Waals surface area contributed by atoms with Crippen LogP contribution in [0.5, 0.6) is 0 Å². The number of carbonyl (C=O) groups excluding carboxylic acids is 3. The van der Waals surface area contributed by atoms with Crippen molar-refractivity contribution in [3.8, 4) is 0 Å². The Balaban J connectivity index is 1.31. The van der Waals surface area contributed by atoms with Crippen molar-refractivity contribution in [2.45, 2.75) is 71.9 Å². The van der Waals surface area contributed by atoms with E-state index in [1.54, 1.807) is 17.3 Å². The van der Waals surface area contributed by atoms with Gasteiger partial charge in [0.05, 0.1) is 11.9 Å². The number of aromatic nitrogens is 4. The molecule has 2 aliphatic rings. The molecule has 1 saturated heterocycles. The van der Waals surface area contributed by atoms with E-state index in [4.69, 9.17) is 9.72 Å². The standard InChI is InChI=1S/C29H39N9O4/c1-18-22-17-31-27(33-25(22)38(20-8-6-7-9-20)24(18)26(40)35-34-19(2)39)32-23-11-10-21(16-30-23)36-12-14-37(15-13-36)28(41)42-29(3,4)5/h10-11,16-17,20H,6-9,12-15H2,1-5H3,(H,34,39)(H,35,40)(H,30,31,32,33). The van der Waals surface area contributed by atoms with Gasteiger partial charge in [0.1, 0.15) is 22.8 Å². The van der Waals surface area contributed by atoms with Crippen LogP contribution in [0.4, 0.5) is 22.2 Å². The molecule has 0 spiro atoms. The summed E-state index contributed by atoms with van der Waals surface area (Å²) < 4.78 is 7.49. The maximum Gasteiger partial charge on any atom is 0.410 e. The van der Waals surface area contributed by atoms with Crippen molar-refractivity contribution in [1.82, 2.24) is 35.3 Å². The number of piperazine rings is 1. The Morgan fingerprint density at radius 2 is 1.69 bits per heavy atom. The highest BCUT2D eigenvalue weighted by Crippen LogP contribution is 2.36. The van der Waals surface area contributed by atoms with Gasteiger partial charge < -0.3 is 24.4 Å². The van der Waals surface area contributed by atoms with Crippen molar-refractivity contribution in [3.63, 3.8) is 0 Å². The maximum absolute atomic E-state index is 13.1. The number of hydrogen-bond acceptors (Lipinski definition) is 9. The van der Waals surface area contributed by atoms with E-state index in [0.717, 1.165) is 42.3 Å². The lowest BCUT2D eigenvalue weighted by molar-refractivity contribution is -0.119. The second-order valence-electron chi connectivity index (χ2n) is 11.8. The summed E-state index contributed by atoms with van der Waals surface area (Å²) in [6.07, 6.45) is 7.29. The number of ether oxygens (including phenoxy) is 1. The van der Waals surface area contributed by atoms with Crippen LogP contribution in [0.25, 0.3) is 11.0 Å². The molecule has 4 heterocycles. The van der Waals surface area contributed by atoms with E-state index in [0.29, 0.717) is 49.3 Å². The molecule has 0 atom stereocenters. The Hall–Kier alpha value is -4.42. The molecule has 1 saturated carbocycles. The van der Waals surface area contributed by atoms with Crippen LogP contribution in [-0.4, -0.2) is 74.1 Å². The SMILES string of the molecule is CC(=O)NNC(=O)c1c(C)c2cnc(Nc3ccc(N4CCN(C(=O)OC(C)(C)C)CC4)cn3)nc2n1C1CCCC1. The number of hydrazine groups is 1. The first-order valence-electron chi connectivity index (χ1n) is 14.4. The molecule has 1 aliphatic heterocycles. The van der Waals surface area contributed by atoms with E-state index in [9.17, 15) is 14.4 Å². The first-order chi connectivity index (χ1) is 20.0. The summed E-state index contributed by atoms with van der Waals surface area (Å²) in [5.41, 5.74) is 7.25. The van der Waals surface area contributed by atoms with Gasteiger partial charge in [0.25, 0.3) is 5.91 Å². The van der Waals surface area contributed by atoms with Gasteiger partial charge in [0.2, 0.25) is 11.9 Å². The van der Waals surface area contributed by atoms with E-state index < -0.39 is 5.60 Å². The van der Waals surface area contributed by atoms with Crippen molar-refractivity contribution in [3.05, 3.63) is 35.8 Å². The third-order valence-electron chi connectivity index (χ3n) is 7.54. The Morgan fingerprint density at radius 3 is 2.31 bits per heavy atom. The van der Waals surface area contributed by atoms with Crippen molar-refractivity contribution in [1.29, 1.82) is 0 Å². The first-order valence-corrected chi connectivity index (χ1v) is 14.4. The van der Waals surface area contributed by atoms with Crippen LogP contribution < -0.4 is 21.1 Å². The molecule has 13 nitrogen and oxygen atoms in total. The number of carbonyl (C=O) groups is 3. The highest BCUT2D eigenvalue weighted by Gasteiger charge is 2.29. The number of rotatable bonds is 5. The van der Waals surface area contributed by atoms with Gasteiger partial charge in [-0.2, -0.15) is 4.98 Å². The molecule has 0 bridgehead atoms. The molecule has 3 aromatic heterocycles. The second-order valence-corrected chi connectivity index (χ2v) is 11.8. The lowest BCUT2D eigenvalue weighted by atomic mass is 10.2. The largest absolute Gasteiger partial charge is 0.444 e. The van der Waals surface area contributed by atoms with E-state index >= 15 is 0 Å². The summed E-state index contributed by atoms with van der Waals surface area (Å²) in [5.74, 6) is 0.229. The predicted octanol–water partition coefficient (Wildman–Crippen LogP) is 3.83. The van der Waals surface area contributed by atoms with E-state index in [1.807, 2.05) is 44.4 Å². The van der Waals surface area contributed by atoms with Gasteiger partial charge >= 0.3 is 6.09 Å². The third kappa shape index (κ3) is 6.39. The summed E-state index contributed by atoms with van der Waals surface area (Å²) in [5, 5.41) is 3.98. The Morgan fingerprint density at radius 1 is 0.976 bits per heavy atom. The van der Waals surface area contributed by atoms with Gasteiger partial charge in [-0.05, 0) is 58.2 Å². The minimum Gasteiger partial charge on any atom is -0.444 e. The van der Waals surface area contributed by atoms with Crippen LogP contribution in [0.2, 0.25) is 0 Å². The van der Waals surface area contributed by atoms with Gasteiger partial charge in [-0.1, -0.05) is 12.8 Å². The zero-order valence-electron chi connectivity index (χ0n) is 24.9. The molecule has 5 rings (SSSR count). The summed E-state index contributed by atoms with van der Waals surface area (Å²) in [4.78, 5) is 54.7. The minimum absolute atomic E-state index is 0.134. The van der Waals surface area contributed by atoms with Gasteiger partial charge in [-0.15, -0.1) is 0 Å². The molecule has 3 aromatic rings. The Kier molecular flexibility index (Phi) is 8.19. The predicted molar refractivity (Wildman–Crippen MR) is 159 cm³/mol. The van der Waals surface area contributed by atoms with E-state index in [2.05, 4.69) is 31.0 Å². The molecule has 2 fully saturated rings. The molecule has 0 unspecified atom stereocenters. The molecule has 42 heavy (non-hydrogen) atoms. The summed E-state index contributed by atoms with van der Waals surface area (Å²) in [7, 11) is 0. The lowest BCUT2D eigenvalue weighted by Gasteiger charge is -2.36. The fourth-order valence-electron chi connectivity index (χ4n) is 5.53. The number of aryl methyl sites for hydroxylation is 1. The minimum atomic E-state index is -0.516. The highest BCUT2D eigenvalue weighted by molar-refractivity contribution is 6.01. The number of pyridine rings is 1. The van der Waals surface area contributed by atoms with Crippen molar-refractivity contribution in [2.24, 2.45) is 0 Å². The van der Waals surface area contributed by atoms with Gasteiger partial charge in [0, 0.05) is 50.7 Å². The van der Waals surface area contributed by atoms with Crippen LogP contribution in [0.3, 0.4) is 0 Å². The topological polar surface area (TPSA) is 147 Å². The first kappa shape index (κ1) is 29.1. The third-order valence-corrected chi connectivity index (χ3v) is 7.54. The van der Waals surface area contributed by atoms with Crippen LogP contribution in [0.15, 0.2) is 24.5 Å². The Bertz CT molecular complexity index is 1460. The smallest absolute Gasteiger partial charge is 0.410 e. The molecule has 13 heteroatoms. The lowest BCUT2D eigenvalue weighted by Crippen LogP contribution is -2.50. The molecular formula is C29H39N9O4. The summed E-state index contributed by atoms with van der Waals surface area (Å²) in [6, 6.07) is 3.99. The van der Waals surface area contributed by atoms with Crippen molar-refractivity contribution < 1.29 is 19.1 Å². The van der Waals surface area contributed by atoms with Crippen LogP contribution in [0.1, 0.15) is 75.5 Å². The molecule has 3 N–H and O–H groups in total. The molecule has 0 aromatic carbocycles. The molecule has 0 radical (unpaired) electrons. The average Bonchev–Trinajstić information content (AvgIpc) is 3.57. The van der Waals surface area contributed by atoms with Crippen LogP contribution >= 0.6 is 0 Å². The normalized spacial score (nSPS) is 16.0. The highest BCUT2D eigenvalue weighted by atomic mass is 16.6. The zero-order valence-corrected chi connectivity index (χ0v) is 24.9. The summed E-state index contributed by atoms with van der Waals surface area (Å²) >= 11 is 0. The van der Waals surface area contributed by atoms with E-state index in [-0.39, 0.29) is 23.9 Å². The number of hydrogen-bond donors (Lipinski definition) is 3. The van der Waals surface area contributed by atoms with Crippen molar-refractivity contribution >= 4 is 46.4 Å². The quantitative estimate of drug-likeness (QED) is 0.385. The monoisotopic (exact) mass is 577 g/mol. The zero-order chi connectivity index (χ0) is 30.0. The van der Waals surface area contributed by atoms with Crippen molar-refractivity contribution in [2.75, 3.05) is 36.4 Å². The number of nitrogens with zero attached hydrogens (tertiary/aromatic N) is 6. The summed E-state index contributed by atoms with van der Waals surface area (Å²) in [6.45, 7) is 11.3. The van der Waals surface area contributed by atoms with Gasteiger partial charge in [-0.3, -0.25) is 20.4 Å². The maximum atomic E-state index is 13.1. The molecule has 1 aliphatic carbocycles. The molecule has 224 valence electrons. The average molecular weight is 578 g/mol. The fraction of sp³-hybridized carbons (Fsp3) is 0.517. The molecular weight excluding hydrogens is 538 g/mol. The Labute approximate surface area is 245 Å². The molecule has 3 amide bonds. The number of anilines is 3.